The van der Waals surface area contributed by atoms with Gasteiger partial charge >= 0.3 is 0 Å². The molecule has 0 spiro atoms. The third kappa shape index (κ3) is 3.00. The molecule has 1 saturated heterocycles. The van der Waals surface area contributed by atoms with Gasteiger partial charge in [0.25, 0.3) is 10.0 Å². The van der Waals surface area contributed by atoms with Crippen molar-refractivity contribution in [2.75, 3.05) is 18.8 Å². The Hall–Kier alpha value is -0.590. The van der Waals surface area contributed by atoms with E-state index in [0.29, 0.717) is 23.0 Å². The number of nitrogen functional groups attached to an aromatic ring is 1. The van der Waals surface area contributed by atoms with Crippen LogP contribution in [0.1, 0.15) is 32.1 Å². The smallest absolute Gasteiger partial charge is 0.252 e. The number of rotatable bonds is 2. The molecule has 2 rings (SSSR count). The van der Waals surface area contributed by atoms with Gasteiger partial charge < -0.3 is 5.73 Å². The van der Waals surface area contributed by atoms with E-state index in [2.05, 4.69) is 0 Å². The predicted octanol–water partition coefficient (Wildman–Crippen LogP) is 2.29. The van der Waals surface area contributed by atoms with Crippen LogP contribution in [-0.4, -0.2) is 25.8 Å². The summed E-state index contributed by atoms with van der Waals surface area (Å²) in [5.41, 5.74) is 6.12. The summed E-state index contributed by atoms with van der Waals surface area (Å²) in [4.78, 5) is 0. The van der Waals surface area contributed by atoms with Gasteiger partial charge in [0, 0.05) is 24.2 Å². The quantitative estimate of drug-likeness (QED) is 0.900. The first kappa shape index (κ1) is 12.9. The van der Waals surface area contributed by atoms with Crippen LogP contribution in [0.25, 0.3) is 0 Å². The van der Waals surface area contributed by atoms with Crippen LogP contribution < -0.4 is 5.73 Å². The topological polar surface area (TPSA) is 63.4 Å². The zero-order valence-corrected chi connectivity index (χ0v) is 11.4. The maximum atomic E-state index is 12.3. The first-order chi connectivity index (χ1) is 8.10. The van der Waals surface area contributed by atoms with Crippen LogP contribution >= 0.6 is 11.3 Å². The Morgan fingerprint density at radius 3 is 2.24 bits per heavy atom. The maximum absolute atomic E-state index is 12.3. The Balaban J connectivity index is 2.18. The van der Waals surface area contributed by atoms with Crippen molar-refractivity contribution in [2.24, 2.45) is 0 Å². The highest BCUT2D eigenvalue weighted by Gasteiger charge is 2.25. The average Bonchev–Trinajstić information content (AvgIpc) is 2.64. The second kappa shape index (κ2) is 5.37. The molecule has 0 amide bonds. The fourth-order valence-electron chi connectivity index (χ4n) is 2.05. The van der Waals surface area contributed by atoms with Gasteiger partial charge in [0.2, 0.25) is 0 Å². The molecule has 1 fully saturated rings. The number of nitrogens with two attached hydrogens (primary N) is 1. The lowest BCUT2D eigenvalue weighted by atomic mass is 10.1. The first-order valence-corrected chi connectivity index (χ1v) is 8.27. The van der Waals surface area contributed by atoms with E-state index in [1.807, 2.05) is 0 Å². The van der Waals surface area contributed by atoms with Crippen molar-refractivity contribution in [3.05, 3.63) is 11.4 Å². The highest BCUT2D eigenvalue weighted by molar-refractivity contribution is 7.91. The number of hydrogen-bond acceptors (Lipinski definition) is 4. The van der Waals surface area contributed by atoms with Gasteiger partial charge in [-0.1, -0.05) is 19.3 Å². The number of nitrogens with zero attached hydrogens (tertiary/aromatic N) is 1. The third-order valence-electron chi connectivity index (χ3n) is 3.00. The molecule has 4 nitrogen and oxygen atoms in total. The van der Waals surface area contributed by atoms with E-state index in [1.54, 1.807) is 15.8 Å². The minimum Gasteiger partial charge on any atom is -0.398 e. The Morgan fingerprint density at radius 2 is 1.71 bits per heavy atom. The summed E-state index contributed by atoms with van der Waals surface area (Å²) < 4.78 is 26.7. The molecule has 0 unspecified atom stereocenters. The maximum Gasteiger partial charge on any atom is 0.252 e. The van der Waals surface area contributed by atoms with Crippen LogP contribution in [0.5, 0.6) is 0 Å². The largest absolute Gasteiger partial charge is 0.398 e. The highest BCUT2D eigenvalue weighted by Crippen LogP contribution is 2.26. The summed E-state index contributed by atoms with van der Waals surface area (Å²) >= 11 is 1.21. The lowest BCUT2D eigenvalue weighted by Gasteiger charge is -2.23. The Bertz CT molecular complexity index is 460. The summed E-state index contributed by atoms with van der Waals surface area (Å²) in [6, 6.07) is 1.55. The van der Waals surface area contributed by atoms with Crippen molar-refractivity contribution in [2.45, 2.75) is 36.3 Å². The number of thiophene rings is 1. The van der Waals surface area contributed by atoms with Crippen LogP contribution in [0.15, 0.2) is 15.7 Å². The molecule has 0 aliphatic carbocycles. The van der Waals surface area contributed by atoms with E-state index in [0.717, 1.165) is 25.7 Å². The molecule has 6 heteroatoms. The summed E-state index contributed by atoms with van der Waals surface area (Å²) in [5, 5.41) is 1.68. The van der Waals surface area contributed by atoms with E-state index in [4.69, 9.17) is 5.73 Å². The molecule has 0 atom stereocenters. The minimum atomic E-state index is -3.31. The van der Waals surface area contributed by atoms with Gasteiger partial charge in [0.05, 0.1) is 0 Å². The van der Waals surface area contributed by atoms with Gasteiger partial charge in [-0.2, -0.15) is 4.31 Å². The van der Waals surface area contributed by atoms with Crippen LogP contribution in [0.3, 0.4) is 0 Å². The summed E-state index contributed by atoms with van der Waals surface area (Å²) in [5.74, 6) is 0. The molecule has 1 aromatic rings. The molecule has 1 aliphatic heterocycles. The zero-order chi connectivity index (χ0) is 12.3. The van der Waals surface area contributed by atoms with Crippen molar-refractivity contribution in [3.63, 3.8) is 0 Å². The fraction of sp³-hybridized carbons (Fsp3) is 0.636. The minimum absolute atomic E-state index is 0.371. The predicted molar refractivity (Wildman–Crippen MR) is 70.6 cm³/mol. The Kier molecular flexibility index (Phi) is 4.06. The summed E-state index contributed by atoms with van der Waals surface area (Å²) in [7, 11) is -3.31. The Labute approximate surface area is 106 Å². The molecule has 96 valence electrons. The second-order valence-corrected chi connectivity index (χ2v) is 7.45. The van der Waals surface area contributed by atoms with Crippen LogP contribution in [0, 0.1) is 0 Å². The molecule has 1 aliphatic rings. The third-order valence-corrected chi connectivity index (χ3v) is 6.34. The molecule has 2 N–H and O–H groups in total. The van der Waals surface area contributed by atoms with Gasteiger partial charge in [-0.05, 0) is 18.9 Å². The Morgan fingerprint density at radius 1 is 1.12 bits per heavy atom. The molecule has 0 bridgehead atoms. The van der Waals surface area contributed by atoms with Crippen molar-refractivity contribution < 1.29 is 8.42 Å². The second-order valence-electron chi connectivity index (χ2n) is 4.37. The lowest BCUT2D eigenvalue weighted by molar-refractivity contribution is 0.365. The van der Waals surface area contributed by atoms with E-state index in [1.165, 1.54) is 17.8 Å². The molecule has 0 aromatic carbocycles. The molecule has 2 heterocycles. The molecule has 1 aromatic heterocycles. The molecule has 0 radical (unpaired) electrons. The van der Waals surface area contributed by atoms with Crippen LogP contribution in [0.2, 0.25) is 0 Å². The van der Waals surface area contributed by atoms with Crippen molar-refractivity contribution in [3.8, 4) is 0 Å². The molecular weight excluding hydrogens is 256 g/mol. The van der Waals surface area contributed by atoms with Crippen LogP contribution in [-0.2, 0) is 10.0 Å². The van der Waals surface area contributed by atoms with Gasteiger partial charge in [-0.3, -0.25) is 0 Å². The standard InChI is InChI=1S/C11H18N2O2S2/c12-10-8-11(16-9-10)17(14,15)13-6-4-2-1-3-5-7-13/h8-9H,1-7,12H2. The molecule has 0 saturated carbocycles. The van der Waals surface area contributed by atoms with Crippen molar-refractivity contribution >= 4 is 27.0 Å². The average molecular weight is 274 g/mol. The van der Waals surface area contributed by atoms with Gasteiger partial charge in [-0.15, -0.1) is 11.3 Å². The number of hydrogen-bond donors (Lipinski definition) is 1. The lowest BCUT2D eigenvalue weighted by Crippen LogP contribution is -2.33. The SMILES string of the molecule is Nc1csc(S(=O)(=O)N2CCCCCCC2)c1. The van der Waals surface area contributed by atoms with E-state index in [9.17, 15) is 8.42 Å². The van der Waals surface area contributed by atoms with E-state index < -0.39 is 10.0 Å². The van der Waals surface area contributed by atoms with Crippen molar-refractivity contribution in [1.29, 1.82) is 0 Å². The first-order valence-electron chi connectivity index (χ1n) is 5.95. The van der Waals surface area contributed by atoms with E-state index in [-0.39, 0.29) is 0 Å². The van der Waals surface area contributed by atoms with Gasteiger partial charge in [-0.25, -0.2) is 8.42 Å². The zero-order valence-electron chi connectivity index (χ0n) is 9.76. The highest BCUT2D eigenvalue weighted by atomic mass is 32.2. The normalized spacial score (nSPS) is 19.8. The molecule has 17 heavy (non-hydrogen) atoms. The van der Waals surface area contributed by atoms with Gasteiger partial charge in [0.15, 0.2) is 0 Å². The molecular formula is C11H18N2O2S2. The van der Waals surface area contributed by atoms with Gasteiger partial charge in [0.1, 0.15) is 4.21 Å². The fourth-order valence-corrected chi connectivity index (χ4v) is 4.80. The monoisotopic (exact) mass is 274 g/mol. The van der Waals surface area contributed by atoms with Crippen molar-refractivity contribution in [1.82, 2.24) is 4.31 Å². The van der Waals surface area contributed by atoms with Crippen LogP contribution in [0.4, 0.5) is 5.69 Å². The summed E-state index contributed by atoms with van der Waals surface area (Å²) in [6.07, 6.45) is 5.39. The van der Waals surface area contributed by atoms with E-state index >= 15 is 0 Å². The number of sulfonamides is 1. The number of anilines is 1. The summed E-state index contributed by atoms with van der Waals surface area (Å²) in [6.45, 7) is 1.28.